The van der Waals surface area contributed by atoms with E-state index in [9.17, 15) is 4.79 Å². The van der Waals surface area contributed by atoms with Crippen LogP contribution >= 0.6 is 11.6 Å². The number of anilines is 1. The van der Waals surface area contributed by atoms with Crippen LogP contribution in [0.15, 0.2) is 12.3 Å². The van der Waals surface area contributed by atoms with Gasteiger partial charge in [-0.2, -0.15) is 0 Å². The van der Waals surface area contributed by atoms with Crippen LogP contribution in [0, 0.1) is 5.92 Å². The van der Waals surface area contributed by atoms with Crippen LogP contribution in [0.5, 0.6) is 0 Å². The highest BCUT2D eigenvalue weighted by Gasteiger charge is 2.20. The Balaban J connectivity index is 1.85. The number of hydrogen-bond acceptors (Lipinski definition) is 4. The summed E-state index contributed by atoms with van der Waals surface area (Å²) in [5.41, 5.74) is 0. The second kappa shape index (κ2) is 6.00. The first-order valence-electron chi connectivity index (χ1n) is 6.13. The SMILES string of the molecule is CC(=O)NCC1CCN(c2ccnc(Cl)n2)CC1. The Kier molecular flexibility index (Phi) is 4.36. The maximum Gasteiger partial charge on any atom is 0.224 e. The number of halogens is 1. The summed E-state index contributed by atoms with van der Waals surface area (Å²) in [6, 6.07) is 1.88. The lowest BCUT2D eigenvalue weighted by molar-refractivity contribution is -0.119. The molecule has 0 spiro atoms. The number of nitrogens with zero attached hydrogens (tertiary/aromatic N) is 3. The summed E-state index contributed by atoms with van der Waals surface area (Å²) in [7, 11) is 0. The molecule has 1 amide bonds. The third kappa shape index (κ3) is 3.57. The number of aromatic nitrogens is 2. The molecule has 0 saturated carbocycles. The fourth-order valence-electron chi connectivity index (χ4n) is 2.16. The molecule has 18 heavy (non-hydrogen) atoms. The predicted molar refractivity (Wildman–Crippen MR) is 70.7 cm³/mol. The molecule has 1 N–H and O–H groups in total. The van der Waals surface area contributed by atoms with Crippen molar-refractivity contribution in [2.45, 2.75) is 19.8 Å². The van der Waals surface area contributed by atoms with Crippen LogP contribution in [-0.2, 0) is 4.79 Å². The normalized spacial score (nSPS) is 16.7. The molecule has 98 valence electrons. The Labute approximate surface area is 112 Å². The summed E-state index contributed by atoms with van der Waals surface area (Å²) in [4.78, 5) is 21.1. The van der Waals surface area contributed by atoms with Gasteiger partial charge in [0.2, 0.25) is 11.2 Å². The van der Waals surface area contributed by atoms with Gasteiger partial charge in [0, 0.05) is 32.8 Å². The number of rotatable bonds is 3. The monoisotopic (exact) mass is 268 g/mol. The zero-order valence-electron chi connectivity index (χ0n) is 10.4. The van der Waals surface area contributed by atoms with Crippen molar-refractivity contribution in [2.75, 3.05) is 24.5 Å². The van der Waals surface area contributed by atoms with Crippen molar-refractivity contribution in [3.05, 3.63) is 17.5 Å². The van der Waals surface area contributed by atoms with Crippen LogP contribution in [-0.4, -0.2) is 35.5 Å². The Bertz CT molecular complexity index is 418. The minimum absolute atomic E-state index is 0.0417. The highest BCUT2D eigenvalue weighted by atomic mass is 35.5. The molecule has 1 aromatic heterocycles. The molecule has 6 heteroatoms. The number of hydrogen-bond donors (Lipinski definition) is 1. The molecule has 1 aromatic rings. The van der Waals surface area contributed by atoms with Crippen LogP contribution < -0.4 is 10.2 Å². The molecule has 0 radical (unpaired) electrons. The van der Waals surface area contributed by atoms with Gasteiger partial charge < -0.3 is 10.2 Å². The van der Waals surface area contributed by atoms with E-state index in [0.29, 0.717) is 5.92 Å². The second-order valence-corrected chi connectivity index (χ2v) is 4.89. The number of nitrogens with one attached hydrogen (secondary N) is 1. The molecule has 1 saturated heterocycles. The molecule has 0 aromatic carbocycles. The van der Waals surface area contributed by atoms with Gasteiger partial charge in [-0.1, -0.05) is 0 Å². The summed E-state index contributed by atoms with van der Waals surface area (Å²) >= 11 is 5.78. The van der Waals surface area contributed by atoms with Crippen LogP contribution in [0.4, 0.5) is 5.82 Å². The Morgan fingerprint density at radius 2 is 2.28 bits per heavy atom. The largest absolute Gasteiger partial charge is 0.356 e. The van der Waals surface area contributed by atoms with Crippen LogP contribution in [0.3, 0.4) is 0 Å². The van der Waals surface area contributed by atoms with Crippen LogP contribution in [0.2, 0.25) is 5.28 Å². The van der Waals surface area contributed by atoms with Gasteiger partial charge in [0.25, 0.3) is 0 Å². The van der Waals surface area contributed by atoms with E-state index in [1.165, 1.54) is 0 Å². The Morgan fingerprint density at radius 1 is 1.56 bits per heavy atom. The van der Waals surface area contributed by atoms with Crippen molar-refractivity contribution >= 4 is 23.3 Å². The standard InChI is InChI=1S/C12H17ClN4O/c1-9(18)15-8-10-3-6-17(7-4-10)11-2-5-14-12(13)16-11/h2,5,10H,3-4,6-8H2,1H3,(H,15,18). The van der Waals surface area contributed by atoms with E-state index in [0.717, 1.165) is 38.3 Å². The molecule has 0 bridgehead atoms. The summed E-state index contributed by atoms with van der Waals surface area (Å²) in [6.07, 6.45) is 3.79. The lowest BCUT2D eigenvalue weighted by Gasteiger charge is -2.32. The topological polar surface area (TPSA) is 58.1 Å². The molecule has 1 aliphatic heterocycles. The quantitative estimate of drug-likeness (QED) is 0.844. The predicted octanol–water partition coefficient (Wildman–Crippen LogP) is 1.48. The molecule has 0 atom stereocenters. The summed E-state index contributed by atoms with van der Waals surface area (Å²) < 4.78 is 0. The van der Waals surface area contributed by atoms with Crippen LogP contribution in [0.1, 0.15) is 19.8 Å². The zero-order chi connectivity index (χ0) is 13.0. The van der Waals surface area contributed by atoms with Crippen molar-refractivity contribution in [3.8, 4) is 0 Å². The van der Waals surface area contributed by atoms with E-state index in [4.69, 9.17) is 11.6 Å². The maximum atomic E-state index is 10.9. The number of carbonyl (C=O) groups excluding carboxylic acids is 1. The van der Waals surface area contributed by atoms with E-state index >= 15 is 0 Å². The van der Waals surface area contributed by atoms with Crippen molar-refractivity contribution < 1.29 is 4.79 Å². The van der Waals surface area contributed by atoms with Gasteiger partial charge in [-0.25, -0.2) is 9.97 Å². The van der Waals surface area contributed by atoms with Crippen molar-refractivity contribution in [1.29, 1.82) is 0 Å². The van der Waals surface area contributed by atoms with Crippen molar-refractivity contribution in [3.63, 3.8) is 0 Å². The first-order valence-corrected chi connectivity index (χ1v) is 6.51. The van der Waals surface area contributed by atoms with Gasteiger partial charge >= 0.3 is 0 Å². The van der Waals surface area contributed by atoms with E-state index in [1.54, 1.807) is 13.1 Å². The number of piperidine rings is 1. The molecule has 1 fully saturated rings. The Morgan fingerprint density at radius 3 is 2.89 bits per heavy atom. The smallest absolute Gasteiger partial charge is 0.224 e. The lowest BCUT2D eigenvalue weighted by Crippen LogP contribution is -2.38. The molecule has 2 rings (SSSR count). The summed E-state index contributed by atoms with van der Waals surface area (Å²) in [5.74, 6) is 1.48. The van der Waals surface area contributed by atoms with Gasteiger partial charge in [-0.15, -0.1) is 0 Å². The average Bonchev–Trinajstić information content (AvgIpc) is 2.37. The molecule has 0 unspecified atom stereocenters. The highest BCUT2D eigenvalue weighted by molar-refractivity contribution is 6.28. The fourth-order valence-corrected chi connectivity index (χ4v) is 2.30. The molecule has 1 aliphatic rings. The maximum absolute atomic E-state index is 10.9. The first kappa shape index (κ1) is 13.1. The first-order chi connectivity index (χ1) is 8.65. The van der Waals surface area contributed by atoms with Gasteiger partial charge in [-0.05, 0) is 36.4 Å². The lowest BCUT2D eigenvalue weighted by atomic mass is 9.97. The van der Waals surface area contributed by atoms with Gasteiger partial charge in [0.15, 0.2) is 0 Å². The van der Waals surface area contributed by atoms with E-state index in [1.807, 2.05) is 6.07 Å². The van der Waals surface area contributed by atoms with Gasteiger partial charge in [0.1, 0.15) is 5.82 Å². The third-order valence-electron chi connectivity index (χ3n) is 3.19. The van der Waals surface area contributed by atoms with Gasteiger partial charge in [-0.3, -0.25) is 4.79 Å². The molecule has 0 aliphatic carbocycles. The molecule has 5 nitrogen and oxygen atoms in total. The number of amides is 1. The molecular weight excluding hydrogens is 252 g/mol. The minimum atomic E-state index is 0.0417. The van der Waals surface area contributed by atoms with E-state index < -0.39 is 0 Å². The van der Waals surface area contributed by atoms with Gasteiger partial charge in [0.05, 0.1) is 0 Å². The van der Waals surface area contributed by atoms with Crippen molar-refractivity contribution in [2.24, 2.45) is 5.92 Å². The van der Waals surface area contributed by atoms with E-state index in [-0.39, 0.29) is 11.2 Å². The fraction of sp³-hybridized carbons (Fsp3) is 0.583. The summed E-state index contributed by atoms with van der Waals surface area (Å²) in [6.45, 7) is 4.21. The summed E-state index contributed by atoms with van der Waals surface area (Å²) in [5, 5.41) is 3.16. The zero-order valence-corrected chi connectivity index (χ0v) is 11.2. The van der Waals surface area contributed by atoms with Crippen LogP contribution in [0.25, 0.3) is 0 Å². The average molecular weight is 269 g/mol. The molecule has 2 heterocycles. The van der Waals surface area contributed by atoms with E-state index in [2.05, 4.69) is 20.2 Å². The Hall–Kier alpha value is -1.36. The minimum Gasteiger partial charge on any atom is -0.356 e. The molecular formula is C12H17ClN4O. The third-order valence-corrected chi connectivity index (χ3v) is 3.37. The highest BCUT2D eigenvalue weighted by Crippen LogP contribution is 2.21. The van der Waals surface area contributed by atoms with Crippen molar-refractivity contribution in [1.82, 2.24) is 15.3 Å². The number of carbonyl (C=O) groups is 1. The second-order valence-electron chi connectivity index (χ2n) is 4.55.